The molecular weight excluding hydrogens is 352 g/mol. The molecule has 0 aliphatic carbocycles. The minimum atomic E-state index is -2.71. The Morgan fingerprint density at radius 1 is 1.50 bits per heavy atom. The Morgan fingerprint density at radius 2 is 2.12 bits per heavy atom. The molecular formula is C9H7Br2F2NO2. The van der Waals surface area contributed by atoms with E-state index in [1.165, 1.54) is 6.20 Å². The van der Waals surface area contributed by atoms with Gasteiger partial charge in [-0.1, -0.05) is 15.9 Å². The Labute approximate surface area is 107 Å². The molecule has 0 atom stereocenters. The van der Waals surface area contributed by atoms with Gasteiger partial charge in [-0.15, -0.1) is 0 Å². The first kappa shape index (κ1) is 13.5. The SMILES string of the molecule is O=C(O)Cc1c(Br)cnc(C(F)F)c1CBr. The summed E-state index contributed by atoms with van der Waals surface area (Å²) in [5.41, 5.74) is 0.178. The van der Waals surface area contributed by atoms with Crippen molar-refractivity contribution in [1.82, 2.24) is 4.98 Å². The number of aliphatic carboxylic acids is 1. The van der Waals surface area contributed by atoms with Crippen molar-refractivity contribution in [2.24, 2.45) is 0 Å². The Hall–Kier alpha value is -0.560. The lowest BCUT2D eigenvalue weighted by atomic mass is 10.1. The molecule has 1 rings (SSSR count). The van der Waals surface area contributed by atoms with E-state index < -0.39 is 12.4 Å². The van der Waals surface area contributed by atoms with Gasteiger partial charge >= 0.3 is 5.97 Å². The van der Waals surface area contributed by atoms with Gasteiger partial charge < -0.3 is 5.11 Å². The molecule has 1 aromatic rings. The highest BCUT2D eigenvalue weighted by atomic mass is 79.9. The van der Waals surface area contributed by atoms with Gasteiger partial charge in [-0.25, -0.2) is 8.78 Å². The van der Waals surface area contributed by atoms with Crippen molar-refractivity contribution in [2.45, 2.75) is 18.2 Å². The minimum absolute atomic E-state index is 0.141. The molecule has 0 spiro atoms. The van der Waals surface area contributed by atoms with Gasteiger partial charge in [0.15, 0.2) is 0 Å². The molecule has 7 heteroatoms. The van der Waals surface area contributed by atoms with Crippen LogP contribution in [0, 0.1) is 0 Å². The summed E-state index contributed by atoms with van der Waals surface area (Å²) in [6, 6.07) is 0. The van der Waals surface area contributed by atoms with Gasteiger partial charge in [0.25, 0.3) is 6.43 Å². The molecule has 0 bridgehead atoms. The van der Waals surface area contributed by atoms with Crippen LogP contribution in [0.4, 0.5) is 8.78 Å². The van der Waals surface area contributed by atoms with Crippen LogP contribution < -0.4 is 0 Å². The van der Waals surface area contributed by atoms with E-state index in [-0.39, 0.29) is 23.0 Å². The molecule has 0 saturated carbocycles. The fourth-order valence-electron chi connectivity index (χ4n) is 1.26. The van der Waals surface area contributed by atoms with E-state index in [1.807, 2.05) is 0 Å². The van der Waals surface area contributed by atoms with Crippen molar-refractivity contribution in [3.05, 3.63) is 27.5 Å². The number of alkyl halides is 3. The van der Waals surface area contributed by atoms with Crippen LogP contribution in [0.25, 0.3) is 0 Å². The van der Waals surface area contributed by atoms with E-state index in [0.717, 1.165) is 0 Å². The van der Waals surface area contributed by atoms with Gasteiger partial charge in [0, 0.05) is 16.0 Å². The summed E-state index contributed by atoms with van der Waals surface area (Å²) < 4.78 is 25.7. The summed E-state index contributed by atoms with van der Waals surface area (Å²) >= 11 is 6.17. The van der Waals surface area contributed by atoms with Crippen LogP contribution in [0.3, 0.4) is 0 Å². The summed E-state index contributed by atoms with van der Waals surface area (Å²) in [5, 5.41) is 8.84. The third kappa shape index (κ3) is 2.98. The monoisotopic (exact) mass is 357 g/mol. The van der Waals surface area contributed by atoms with Gasteiger partial charge in [-0.2, -0.15) is 0 Å². The van der Waals surface area contributed by atoms with Crippen molar-refractivity contribution in [2.75, 3.05) is 0 Å². The van der Waals surface area contributed by atoms with Crippen LogP contribution in [0.2, 0.25) is 0 Å². The maximum Gasteiger partial charge on any atom is 0.307 e. The number of nitrogens with zero attached hydrogens (tertiary/aromatic N) is 1. The van der Waals surface area contributed by atoms with Gasteiger partial charge in [-0.3, -0.25) is 9.78 Å². The second-order valence-electron chi connectivity index (χ2n) is 2.95. The van der Waals surface area contributed by atoms with Crippen LogP contribution in [0.5, 0.6) is 0 Å². The predicted molar refractivity (Wildman–Crippen MR) is 60.9 cm³/mol. The average Bonchev–Trinajstić information content (AvgIpc) is 2.19. The number of rotatable bonds is 4. The normalized spacial score (nSPS) is 10.8. The maximum absolute atomic E-state index is 12.6. The van der Waals surface area contributed by atoms with E-state index in [4.69, 9.17) is 5.11 Å². The zero-order chi connectivity index (χ0) is 12.3. The Kier molecular flexibility index (Phi) is 4.79. The zero-order valence-electron chi connectivity index (χ0n) is 7.88. The molecule has 1 heterocycles. The first-order valence-electron chi connectivity index (χ1n) is 4.19. The highest BCUT2D eigenvalue weighted by Gasteiger charge is 2.20. The van der Waals surface area contributed by atoms with Gasteiger partial charge in [0.2, 0.25) is 0 Å². The third-order valence-electron chi connectivity index (χ3n) is 1.95. The largest absolute Gasteiger partial charge is 0.481 e. The molecule has 0 saturated heterocycles. The molecule has 0 aliphatic heterocycles. The van der Waals surface area contributed by atoms with Crippen LogP contribution in [0.15, 0.2) is 10.7 Å². The molecule has 16 heavy (non-hydrogen) atoms. The fourth-order valence-corrected chi connectivity index (χ4v) is 2.37. The number of carboxylic acids is 1. The number of halogens is 4. The average molecular weight is 359 g/mol. The van der Waals surface area contributed by atoms with Crippen LogP contribution in [-0.4, -0.2) is 16.1 Å². The Bertz CT molecular complexity index is 413. The number of carboxylic acid groups (broad SMARTS) is 1. The maximum atomic E-state index is 12.6. The number of pyridine rings is 1. The number of carbonyl (C=O) groups is 1. The van der Waals surface area contributed by atoms with Crippen molar-refractivity contribution < 1.29 is 18.7 Å². The van der Waals surface area contributed by atoms with Crippen molar-refractivity contribution in [1.29, 1.82) is 0 Å². The Balaban J connectivity index is 3.32. The lowest BCUT2D eigenvalue weighted by molar-refractivity contribution is -0.136. The van der Waals surface area contributed by atoms with Crippen molar-refractivity contribution in [3.8, 4) is 0 Å². The van der Waals surface area contributed by atoms with E-state index in [2.05, 4.69) is 36.8 Å². The molecule has 3 nitrogen and oxygen atoms in total. The van der Waals surface area contributed by atoms with Gasteiger partial charge in [-0.05, 0) is 27.1 Å². The minimum Gasteiger partial charge on any atom is -0.481 e. The summed E-state index contributed by atoms with van der Waals surface area (Å²) in [7, 11) is 0. The summed E-state index contributed by atoms with van der Waals surface area (Å²) in [5.74, 6) is -1.07. The summed E-state index contributed by atoms with van der Waals surface area (Å²) in [4.78, 5) is 14.2. The molecule has 1 aromatic heterocycles. The number of aromatic nitrogens is 1. The van der Waals surface area contributed by atoms with E-state index >= 15 is 0 Å². The predicted octanol–water partition coefficient (Wildman–Crippen LogP) is 3.30. The van der Waals surface area contributed by atoms with Crippen LogP contribution in [0.1, 0.15) is 23.2 Å². The molecule has 0 unspecified atom stereocenters. The first-order chi connectivity index (χ1) is 7.47. The fraction of sp³-hybridized carbons (Fsp3) is 0.333. The molecule has 0 radical (unpaired) electrons. The molecule has 1 N–H and O–H groups in total. The lowest BCUT2D eigenvalue weighted by Crippen LogP contribution is -2.08. The smallest absolute Gasteiger partial charge is 0.307 e. The zero-order valence-corrected chi connectivity index (χ0v) is 11.1. The topological polar surface area (TPSA) is 50.2 Å². The van der Waals surface area contributed by atoms with E-state index in [1.54, 1.807) is 0 Å². The summed E-state index contributed by atoms with van der Waals surface area (Å²) in [6.45, 7) is 0. The number of hydrogen-bond donors (Lipinski definition) is 1. The number of hydrogen-bond acceptors (Lipinski definition) is 2. The first-order valence-corrected chi connectivity index (χ1v) is 6.10. The van der Waals surface area contributed by atoms with Gasteiger partial charge in [0.05, 0.1) is 6.42 Å². The van der Waals surface area contributed by atoms with E-state index in [0.29, 0.717) is 10.0 Å². The molecule has 0 aliphatic rings. The second kappa shape index (κ2) is 5.67. The highest BCUT2D eigenvalue weighted by molar-refractivity contribution is 9.10. The van der Waals surface area contributed by atoms with Gasteiger partial charge in [0.1, 0.15) is 5.69 Å². The molecule has 0 aromatic carbocycles. The quantitative estimate of drug-likeness (QED) is 0.840. The molecule has 88 valence electrons. The standard InChI is InChI=1S/C9H7Br2F2NO2/c10-2-5-4(1-7(15)16)6(11)3-14-8(5)9(12)13/h3,9H,1-2H2,(H,15,16). The third-order valence-corrected chi connectivity index (χ3v) is 3.19. The molecule has 0 amide bonds. The molecule has 0 fully saturated rings. The highest BCUT2D eigenvalue weighted by Crippen LogP contribution is 2.30. The Morgan fingerprint density at radius 3 is 2.56 bits per heavy atom. The van der Waals surface area contributed by atoms with E-state index in [9.17, 15) is 13.6 Å². The van der Waals surface area contributed by atoms with Crippen molar-refractivity contribution in [3.63, 3.8) is 0 Å². The second-order valence-corrected chi connectivity index (χ2v) is 4.37. The van der Waals surface area contributed by atoms with Crippen LogP contribution >= 0.6 is 31.9 Å². The van der Waals surface area contributed by atoms with Crippen molar-refractivity contribution >= 4 is 37.8 Å². The lowest BCUT2D eigenvalue weighted by Gasteiger charge is -2.11. The summed E-state index contributed by atoms with van der Waals surface area (Å²) in [6.07, 6.45) is -1.83. The van der Waals surface area contributed by atoms with Crippen LogP contribution in [-0.2, 0) is 16.5 Å².